The lowest BCUT2D eigenvalue weighted by atomic mass is 10.2. The molecule has 2 amide bonds. The number of nitrogens with one attached hydrogen (secondary N) is 3. The van der Waals surface area contributed by atoms with E-state index in [0.29, 0.717) is 29.5 Å². The summed E-state index contributed by atoms with van der Waals surface area (Å²) < 4.78 is 10.8. The number of anilines is 3. The van der Waals surface area contributed by atoms with E-state index < -0.39 is 11.8 Å². The van der Waals surface area contributed by atoms with Gasteiger partial charge in [0.25, 0.3) is 11.8 Å². The van der Waals surface area contributed by atoms with Crippen molar-refractivity contribution in [3.63, 3.8) is 0 Å². The monoisotopic (exact) mass is 467 g/mol. The van der Waals surface area contributed by atoms with Crippen LogP contribution in [0.4, 0.5) is 16.5 Å². The number of hydrazine groups is 1. The van der Waals surface area contributed by atoms with Crippen LogP contribution in [0.3, 0.4) is 0 Å². The first-order chi connectivity index (χ1) is 16.1. The van der Waals surface area contributed by atoms with Gasteiger partial charge in [0.1, 0.15) is 10.6 Å². The molecule has 1 aliphatic rings. The number of aryl methyl sites for hydroxylation is 1. The molecule has 0 unspecified atom stereocenters. The standard InChI is InChI=1S/C23H25N5O4S/c1-16-21(33-23(24-16)28-11-13-31-14-12-28)22(30)27-26-20(29)15-32-19-9-7-18(8-10-19)25-17-5-3-2-4-6-17/h2-10,25H,11-15H2,1H3,(H,26,29)(H,27,30). The van der Waals surface area contributed by atoms with Crippen molar-refractivity contribution in [1.82, 2.24) is 15.8 Å². The molecule has 1 saturated heterocycles. The van der Waals surface area contributed by atoms with Crippen LogP contribution in [0, 0.1) is 6.92 Å². The number of nitrogens with zero attached hydrogens (tertiary/aromatic N) is 2. The Labute approximate surface area is 195 Å². The van der Waals surface area contributed by atoms with Crippen LogP contribution in [0.15, 0.2) is 54.6 Å². The van der Waals surface area contributed by atoms with E-state index in [1.807, 2.05) is 42.5 Å². The molecule has 2 aromatic carbocycles. The van der Waals surface area contributed by atoms with Crippen molar-refractivity contribution in [1.29, 1.82) is 0 Å². The number of hydrogen-bond acceptors (Lipinski definition) is 8. The van der Waals surface area contributed by atoms with Crippen molar-refractivity contribution in [2.24, 2.45) is 0 Å². The maximum atomic E-state index is 12.5. The van der Waals surface area contributed by atoms with Gasteiger partial charge in [0.05, 0.1) is 18.9 Å². The van der Waals surface area contributed by atoms with Crippen LogP contribution in [0.5, 0.6) is 5.75 Å². The van der Waals surface area contributed by atoms with Crippen LogP contribution in [0.2, 0.25) is 0 Å². The van der Waals surface area contributed by atoms with E-state index in [9.17, 15) is 9.59 Å². The molecule has 0 aliphatic carbocycles. The van der Waals surface area contributed by atoms with Crippen LogP contribution < -0.4 is 25.8 Å². The lowest BCUT2D eigenvalue weighted by Gasteiger charge is -2.25. The molecule has 1 aromatic heterocycles. The van der Waals surface area contributed by atoms with Crippen LogP contribution in [0.1, 0.15) is 15.4 Å². The quantitative estimate of drug-likeness (QED) is 0.459. The number of thiazole rings is 1. The molecule has 0 spiro atoms. The summed E-state index contributed by atoms with van der Waals surface area (Å²) in [5.74, 6) is -0.330. The van der Waals surface area contributed by atoms with Gasteiger partial charge in [-0.05, 0) is 43.3 Å². The van der Waals surface area contributed by atoms with Crippen LogP contribution in [-0.2, 0) is 9.53 Å². The maximum Gasteiger partial charge on any atom is 0.281 e. The Kier molecular flexibility index (Phi) is 7.38. The Morgan fingerprint density at radius 3 is 2.45 bits per heavy atom. The van der Waals surface area contributed by atoms with E-state index in [1.54, 1.807) is 19.1 Å². The summed E-state index contributed by atoms with van der Waals surface area (Å²) in [6, 6.07) is 17.1. The molecule has 0 atom stereocenters. The Morgan fingerprint density at radius 2 is 1.73 bits per heavy atom. The van der Waals surface area contributed by atoms with Crippen LogP contribution >= 0.6 is 11.3 Å². The second-order valence-corrected chi connectivity index (χ2v) is 8.29. The number of carbonyl (C=O) groups is 2. The number of aromatic nitrogens is 1. The Morgan fingerprint density at radius 1 is 1.03 bits per heavy atom. The van der Waals surface area contributed by atoms with Crippen molar-refractivity contribution in [2.75, 3.05) is 43.1 Å². The Hall–Kier alpha value is -3.63. The van der Waals surface area contributed by atoms with Gasteiger partial charge in [-0.15, -0.1) is 0 Å². The number of amides is 2. The molecule has 9 nitrogen and oxygen atoms in total. The second kappa shape index (κ2) is 10.8. The normalized spacial score (nSPS) is 13.3. The molecule has 3 N–H and O–H groups in total. The van der Waals surface area contributed by atoms with Gasteiger partial charge in [-0.2, -0.15) is 0 Å². The van der Waals surface area contributed by atoms with E-state index in [1.165, 1.54) is 11.3 Å². The van der Waals surface area contributed by atoms with Gasteiger partial charge < -0.3 is 19.7 Å². The fourth-order valence-electron chi connectivity index (χ4n) is 3.17. The summed E-state index contributed by atoms with van der Waals surface area (Å²) in [5.41, 5.74) is 7.31. The Balaban J connectivity index is 1.22. The molecule has 0 bridgehead atoms. The third-order valence-electron chi connectivity index (χ3n) is 4.88. The first kappa shape index (κ1) is 22.6. The highest BCUT2D eigenvalue weighted by Crippen LogP contribution is 2.26. The van der Waals surface area contributed by atoms with Gasteiger partial charge >= 0.3 is 0 Å². The van der Waals surface area contributed by atoms with E-state index >= 15 is 0 Å². The van der Waals surface area contributed by atoms with Gasteiger partial charge in [0.15, 0.2) is 11.7 Å². The molecule has 33 heavy (non-hydrogen) atoms. The largest absolute Gasteiger partial charge is 0.484 e. The summed E-state index contributed by atoms with van der Waals surface area (Å²) in [7, 11) is 0. The maximum absolute atomic E-state index is 12.5. The summed E-state index contributed by atoms with van der Waals surface area (Å²) in [6.45, 7) is 4.31. The lowest BCUT2D eigenvalue weighted by molar-refractivity contribution is -0.123. The fourth-order valence-corrected chi connectivity index (χ4v) is 4.19. The number of morpholine rings is 1. The van der Waals surface area contributed by atoms with E-state index in [4.69, 9.17) is 9.47 Å². The van der Waals surface area contributed by atoms with E-state index in [-0.39, 0.29) is 6.61 Å². The average molecular weight is 468 g/mol. The summed E-state index contributed by atoms with van der Waals surface area (Å²) in [5, 5.41) is 4.05. The summed E-state index contributed by atoms with van der Waals surface area (Å²) in [4.78, 5) is 31.6. The van der Waals surface area contributed by atoms with Gasteiger partial charge in [-0.3, -0.25) is 20.4 Å². The molecule has 4 rings (SSSR count). The molecule has 0 radical (unpaired) electrons. The molecule has 10 heteroatoms. The predicted octanol–water partition coefficient (Wildman–Crippen LogP) is 2.87. The third kappa shape index (κ3) is 6.21. The topological polar surface area (TPSA) is 105 Å². The van der Waals surface area contributed by atoms with Crippen LogP contribution in [0.25, 0.3) is 0 Å². The molecular formula is C23H25N5O4S. The predicted molar refractivity (Wildman–Crippen MR) is 127 cm³/mol. The molecule has 172 valence electrons. The Bertz CT molecular complexity index is 1080. The minimum Gasteiger partial charge on any atom is -0.484 e. The lowest BCUT2D eigenvalue weighted by Crippen LogP contribution is -2.43. The van der Waals surface area contributed by atoms with Crippen molar-refractivity contribution in [2.45, 2.75) is 6.92 Å². The summed E-state index contributed by atoms with van der Waals surface area (Å²) >= 11 is 1.30. The summed E-state index contributed by atoms with van der Waals surface area (Å²) in [6.07, 6.45) is 0. The van der Waals surface area contributed by atoms with E-state index in [0.717, 1.165) is 29.6 Å². The fraction of sp³-hybridized carbons (Fsp3) is 0.261. The first-order valence-electron chi connectivity index (χ1n) is 10.5. The van der Waals surface area contributed by atoms with Gasteiger partial charge in [0.2, 0.25) is 0 Å². The number of para-hydroxylation sites is 1. The minimum atomic E-state index is -0.467. The highest BCUT2D eigenvalue weighted by molar-refractivity contribution is 7.17. The SMILES string of the molecule is Cc1nc(N2CCOCC2)sc1C(=O)NNC(=O)COc1ccc(Nc2ccccc2)cc1. The van der Waals surface area contributed by atoms with E-state index in [2.05, 4.69) is 26.1 Å². The molecule has 1 fully saturated rings. The zero-order chi connectivity index (χ0) is 23.0. The van der Waals surface area contributed by atoms with Crippen molar-refractivity contribution in [3.05, 3.63) is 65.2 Å². The van der Waals surface area contributed by atoms with Gasteiger partial charge in [-0.25, -0.2) is 4.98 Å². The number of benzene rings is 2. The number of rotatable bonds is 7. The highest BCUT2D eigenvalue weighted by atomic mass is 32.1. The molecule has 3 aromatic rings. The van der Waals surface area contributed by atoms with Gasteiger partial charge in [0, 0.05) is 24.5 Å². The second-order valence-electron chi connectivity index (χ2n) is 7.32. The number of hydrogen-bond donors (Lipinski definition) is 3. The number of ether oxygens (including phenoxy) is 2. The zero-order valence-corrected chi connectivity index (χ0v) is 19.0. The molecule has 1 aliphatic heterocycles. The minimum absolute atomic E-state index is 0.230. The van der Waals surface area contributed by atoms with Crippen LogP contribution in [-0.4, -0.2) is 49.7 Å². The van der Waals surface area contributed by atoms with Crippen molar-refractivity contribution >= 4 is 39.7 Å². The molecule has 2 heterocycles. The average Bonchev–Trinajstić information content (AvgIpc) is 3.25. The van der Waals surface area contributed by atoms with Crippen molar-refractivity contribution in [3.8, 4) is 5.75 Å². The highest BCUT2D eigenvalue weighted by Gasteiger charge is 2.20. The zero-order valence-electron chi connectivity index (χ0n) is 18.2. The smallest absolute Gasteiger partial charge is 0.281 e. The molecule has 0 saturated carbocycles. The first-order valence-corrected chi connectivity index (χ1v) is 11.3. The van der Waals surface area contributed by atoms with Gasteiger partial charge in [-0.1, -0.05) is 29.5 Å². The van der Waals surface area contributed by atoms with Crippen molar-refractivity contribution < 1.29 is 19.1 Å². The molecular weight excluding hydrogens is 442 g/mol. The number of carbonyl (C=O) groups excluding carboxylic acids is 2. The third-order valence-corrected chi connectivity index (χ3v) is 6.09.